The van der Waals surface area contributed by atoms with Crippen LogP contribution in [0, 0.1) is 0 Å². The maximum absolute atomic E-state index is 12.4. The molecule has 1 atom stereocenters. The maximum Gasteiger partial charge on any atom is 0.336 e. The molecule has 0 spiro atoms. The van der Waals surface area contributed by atoms with E-state index in [1.165, 1.54) is 18.5 Å². The third kappa shape index (κ3) is 18.0. The number of nitrogens with zero attached hydrogens (tertiary/aromatic N) is 1. The van der Waals surface area contributed by atoms with Crippen LogP contribution in [0.2, 0.25) is 0 Å². The van der Waals surface area contributed by atoms with E-state index in [2.05, 4.69) is 65.8 Å². The Morgan fingerprint density at radius 1 is 0.850 bits per heavy atom. The van der Waals surface area contributed by atoms with Gasteiger partial charge in [-0.3, -0.25) is 19.4 Å². The Kier molecular flexibility index (Phi) is 19.1. The Hall–Kier alpha value is -4.33. The van der Waals surface area contributed by atoms with Gasteiger partial charge >= 0.3 is 17.9 Å². The van der Waals surface area contributed by atoms with E-state index in [9.17, 15) is 19.2 Å². The highest BCUT2D eigenvalue weighted by molar-refractivity contribution is 5.98. The molecule has 1 aromatic heterocycles. The normalized spacial score (nSPS) is 12.8. The molecule has 2 N–H and O–H groups in total. The number of pyridine rings is 1. The second-order valence-electron chi connectivity index (χ2n) is 8.61. The molecule has 40 heavy (non-hydrogen) atoms. The van der Waals surface area contributed by atoms with Crippen molar-refractivity contribution in [2.45, 2.75) is 70.8 Å². The van der Waals surface area contributed by atoms with Crippen molar-refractivity contribution < 1.29 is 29.0 Å². The van der Waals surface area contributed by atoms with E-state index in [1.807, 2.05) is 12.2 Å². The van der Waals surface area contributed by atoms with Crippen LogP contribution in [0.4, 0.5) is 0 Å². The quantitative estimate of drug-likeness (QED) is 0.120. The van der Waals surface area contributed by atoms with Gasteiger partial charge in [-0.05, 0) is 57.1 Å². The van der Waals surface area contributed by atoms with Gasteiger partial charge in [-0.15, -0.1) is 0 Å². The van der Waals surface area contributed by atoms with Crippen molar-refractivity contribution >= 4 is 23.8 Å². The summed E-state index contributed by atoms with van der Waals surface area (Å²) >= 11 is 0. The van der Waals surface area contributed by atoms with E-state index in [0.29, 0.717) is 6.42 Å². The van der Waals surface area contributed by atoms with Gasteiger partial charge in [0.2, 0.25) is 0 Å². The molecule has 1 unspecified atom stereocenters. The molecule has 214 valence electrons. The number of carbonyl (C=O) groups excluding carboxylic acids is 3. The van der Waals surface area contributed by atoms with Gasteiger partial charge < -0.3 is 15.2 Å². The molecule has 0 aliphatic carbocycles. The number of carboxylic acids is 1. The molecular weight excluding hydrogens is 508 g/mol. The van der Waals surface area contributed by atoms with Crippen LogP contribution in [-0.4, -0.2) is 39.9 Å². The number of ether oxygens (including phenoxy) is 1. The first-order valence-electron chi connectivity index (χ1n) is 13.5. The van der Waals surface area contributed by atoms with E-state index in [0.717, 1.165) is 32.1 Å². The van der Waals surface area contributed by atoms with Gasteiger partial charge in [0.05, 0.1) is 12.0 Å². The largest absolute Gasteiger partial charge is 0.481 e. The first kappa shape index (κ1) is 33.7. The fraction of sp³-hybridized carbons (Fsp3) is 0.344. The van der Waals surface area contributed by atoms with E-state index in [1.54, 1.807) is 18.2 Å². The average Bonchev–Trinajstić information content (AvgIpc) is 2.94. The summed E-state index contributed by atoms with van der Waals surface area (Å²) in [6, 6.07) is 1.77. The summed E-state index contributed by atoms with van der Waals surface area (Å²) in [7, 11) is 0. The first-order chi connectivity index (χ1) is 19.4. The van der Waals surface area contributed by atoms with Gasteiger partial charge in [-0.1, -0.05) is 79.8 Å². The number of carboxylic acid groups (broad SMARTS) is 1. The lowest BCUT2D eigenvalue weighted by atomic mass is 10.1. The van der Waals surface area contributed by atoms with Crippen LogP contribution in [0.5, 0.6) is 0 Å². The van der Waals surface area contributed by atoms with E-state index >= 15 is 0 Å². The summed E-state index contributed by atoms with van der Waals surface area (Å²) in [4.78, 5) is 51.5. The number of aromatic nitrogens is 1. The number of hydrogen-bond donors (Lipinski definition) is 2. The van der Waals surface area contributed by atoms with Crippen LogP contribution in [-0.2, 0) is 19.1 Å². The number of amides is 1. The SMILES string of the molecule is CC/C=C\C/C=C\C/C=C\C/C=C\C/C=C\C/C=C\CC(=O)OC(=O)C(CCC(=O)O)NC(=O)c1cccnc1. The summed E-state index contributed by atoms with van der Waals surface area (Å²) in [5, 5.41) is 11.3. The zero-order chi connectivity index (χ0) is 29.3. The van der Waals surface area contributed by atoms with Crippen molar-refractivity contribution in [3.8, 4) is 0 Å². The highest BCUT2D eigenvalue weighted by Crippen LogP contribution is 2.05. The van der Waals surface area contributed by atoms with Crippen LogP contribution < -0.4 is 5.32 Å². The third-order valence-electron chi connectivity index (χ3n) is 5.26. The van der Waals surface area contributed by atoms with Crippen LogP contribution in [0.1, 0.15) is 75.1 Å². The molecule has 0 radical (unpaired) electrons. The first-order valence-corrected chi connectivity index (χ1v) is 13.5. The van der Waals surface area contributed by atoms with Crippen LogP contribution >= 0.6 is 0 Å². The summed E-state index contributed by atoms with van der Waals surface area (Å²) in [6.45, 7) is 2.13. The standard InChI is InChI=1S/C32H40N2O6/c1-2-3-4-5-6-7-8-9-10-11-12-13-14-15-16-17-18-19-22-30(37)40-32(39)28(23-24-29(35)36)34-31(38)27-21-20-25-33-26-27/h3-4,6-7,9-10,12-13,15-16,18-21,25-26,28H,2,5,8,11,14,17,22-24H2,1H3,(H,34,38)(H,35,36)/b4-3-,7-6-,10-9-,13-12-,16-15-,19-18-. The Morgan fingerprint density at radius 2 is 1.38 bits per heavy atom. The lowest BCUT2D eigenvalue weighted by Gasteiger charge is -2.16. The molecule has 0 bridgehead atoms. The van der Waals surface area contributed by atoms with E-state index < -0.39 is 29.9 Å². The van der Waals surface area contributed by atoms with Crippen molar-refractivity contribution in [1.29, 1.82) is 0 Å². The fourth-order valence-corrected chi connectivity index (χ4v) is 3.18. The highest BCUT2D eigenvalue weighted by Gasteiger charge is 2.25. The van der Waals surface area contributed by atoms with Crippen LogP contribution in [0.25, 0.3) is 0 Å². The predicted molar refractivity (Wildman–Crippen MR) is 156 cm³/mol. The van der Waals surface area contributed by atoms with Crippen LogP contribution in [0.15, 0.2) is 97.4 Å². The highest BCUT2D eigenvalue weighted by atomic mass is 16.6. The van der Waals surface area contributed by atoms with Crippen LogP contribution in [0.3, 0.4) is 0 Å². The molecule has 8 nitrogen and oxygen atoms in total. The minimum atomic E-state index is -1.28. The van der Waals surface area contributed by atoms with Gasteiger partial charge in [0.25, 0.3) is 5.91 Å². The van der Waals surface area contributed by atoms with Gasteiger partial charge in [0.1, 0.15) is 6.04 Å². The van der Waals surface area contributed by atoms with Crippen molar-refractivity contribution in [3.05, 3.63) is 103 Å². The molecule has 8 heteroatoms. The van der Waals surface area contributed by atoms with Crippen molar-refractivity contribution in [1.82, 2.24) is 10.3 Å². The molecule has 1 aromatic rings. The lowest BCUT2D eigenvalue weighted by Crippen LogP contribution is -2.42. The Morgan fingerprint density at radius 3 is 1.85 bits per heavy atom. The van der Waals surface area contributed by atoms with Gasteiger partial charge in [0, 0.05) is 18.8 Å². The molecule has 0 aliphatic heterocycles. The molecule has 1 rings (SSSR count). The molecular formula is C32H40N2O6. The van der Waals surface area contributed by atoms with Gasteiger partial charge in [-0.2, -0.15) is 0 Å². The molecule has 1 heterocycles. The summed E-state index contributed by atoms with van der Waals surface area (Å²) in [5.41, 5.74) is 0.194. The lowest BCUT2D eigenvalue weighted by molar-refractivity contribution is -0.160. The molecule has 0 aliphatic rings. The molecule has 0 aromatic carbocycles. The van der Waals surface area contributed by atoms with E-state index in [-0.39, 0.29) is 24.8 Å². The second-order valence-corrected chi connectivity index (χ2v) is 8.61. The summed E-state index contributed by atoms with van der Waals surface area (Å²) in [6.07, 6.45) is 31.9. The Balaban J connectivity index is 2.30. The number of esters is 2. The van der Waals surface area contributed by atoms with E-state index in [4.69, 9.17) is 9.84 Å². The number of allylic oxidation sites excluding steroid dienone is 11. The number of rotatable bonds is 19. The molecule has 0 saturated carbocycles. The predicted octanol–water partition coefficient (Wildman–Crippen LogP) is 6.20. The zero-order valence-electron chi connectivity index (χ0n) is 23.1. The number of nitrogens with one attached hydrogen (secondary N) is 1. The topological polar surface area (TPSA) is 123 Å². The average molecular weight is 549 g/mol. The fourth-order valence-electron chi connectivity index (χ4n) is 3.18. The smallest absolute Gasteiger partial charge is 0.336 e. The summed E-state index contributed by atoms with van der Waals surface area (Å²) in [5.74, 6) is -3.56. The monoisotopic (exact) mass is 548 g/mol. The third-order valence-corrected chi connectivity index (χ3v) is 5.26. The molecule has 0 fully saturated rings. The minimum absolute atomic E-state index is 0.126. The Labute approximate surface area is 236 Å². The van der Waals surface area contributed by atoms with Crippen molar-refractivity contribution in [2.24, 2.45) is 0 Å². The second kappa shape index (κ2) is 22.6. The maximum atomic E-state index is 12.4. The number of aliphatic carboxylic acids is 1. The van der Waals surface area contributed by atoms with Crippen molar-refractivity contribution in [3.63, 3.8) is 0 Å². The Bertz CT molecular complexity index is 1080. The van der Waals surface area contributed by atoms with Gasteiger partial charge in [-0.25, -0.2) is 4.79 Å². The minimum Gasteiger partial charge on any atom is -0.481 e. The van der Waals surface area contributed by atoms with Crippen molar-refractivity contribution in [2.75, 3.05) is 0 Å². The number of hydrogen-bond acceptors (Lipinski definition) is 6. The van der Waals surface area contributed by atoms with Gasteiger partial charge in [0.15, 0.2) is 0 Å². The summed E-state index contributed by atoms with van der Waals surface area (Å²) < 4.78 is 4.82. The molecule has 1 amide bonds. The number of carbonyl (C=O) groups is 4. The zero-order valence-corrected chi connectivity index (χ0v) is 23.1. The molecule has 0 saturated heterocycles.